The van der Waals surface area contributed by atoms with E-state index in [1.807, 2.05) is 17.0 Å². The minimum atomic E-state index is 0.242. The molecule has 2 rings (SSSR count). The number of fused-ring (bicyclic) bond motifs is 1. The largest absolute Gasteiger partial charge is 0.309 e. The molecular formula is C17H26N2O. The molecule has 0 bridgehead atoms. The number of nitrogens with zero attached hydrogens (tertiary/aromatic N) is 2. The van der Waals surface area contributed by atoms with Crippen molar-refractivity contribution < 1.29 is 4.79 Å². The lowest BCUT2D eigenvalue weighted by molar-refractivity contribution is -0.117. The number of anilines is 1. The number of carbonyl (C=O) groups is 1. The average molecular weight is 274 g/mol. The molecule has 0 aromatic heterocycles. The number of hydrogen-bond donors (Lipinski definition) is 0. The second-order valence-corrected chi connectivity index (χ2v) is 5.93. The molecule has 0 saturated heterocycles. The molecule has 1 aromatic carbocycles. The molecule has 20 heavy (non-hydrogen) atoms. The molecule has 1 heterocycles. The zero-order valence-electron chi connectivity index (χ0n) is 13.1. The number of para-hydroxylation sites is 1. The quantitative estimate of drug-likeness (QED) is 0.796. The van der Waals surface area contributed by atoms with Crippen LogP contribution in [0.25, 0.3) is 0 Å². The summed E-state index contributed by atoms with van der Waals surface area (Å²) in [5, 5.41) is 0. The highest BCUT2D eigenvalue weighted by Crippen LogP contribution is 2.30. The van der Waals surface area contributed by atoms with E-state index >= 15 is 0 Å². The molecule has 1 amide bonds. The number of hydrogen-bond acceptors (Lipinski definition) is 2. The maximum atomic E-state index is 12.2. The van der Waals surface area contributed by atoms with Gasteiger partial charge in [0.2, 0.25) is 5.91 Å². The summed E-state index contributed by atoms with van der Waals surface area (Å²) < 4.78 is 0. The van der Waals surface area contributed by atoms with Gasteiger partial charge in [0.1, 0.15) is 0 Å². The maximum Gasteiger partial charge on any atom is 0.231 e. The molecule has 1 atom stereocenters. The van der Waals surface area contributed by atoms with Crippen molar-refractivity contribution in [2.75, 3.05) is 18.0 Å². The SMILES string of the molecule is CCN(CCC(C)N1C(=O)Cc2ccccc21)C(C)C. The topological polar surface area (TPSA) is 23.6 Å². The van der Waals surface area contributed by atoms with E-state index in [9.17, 15) is 4.79 Å². The molecule has 3 nitrogen and oxygen atoms in total. The van der Waals surface area contributed by atoms with Crippen LogP contribution in [-0.2, 0) is 11.2 Å². The van der Waals surface area contributed by atoms with E-state index in [2.05, 4.69) is 44.7 Å². The van der Waals surface area contributed by atoms with Crippen LogP contribution in [0.3, 0.4) is 0 Å². The van der Waals surface area contributed by atoms with Crippen molar-refractivity contribution in [1.29, 1.82) is 0 Å². The Morgan fingerprint density at radius 3 is 2.60 bits per heavy atom. The molecule has 1 aliphatic heterocycles. The number of amides is 1. The van der Waals surface area contributed by atoms with E-state index in [1.54, 1.807) is 0 Å². The first-order valence-electron chi connectivity index (χ1n) is 7.68. The Labute approximate surface area is 122 Å². The van der Waals surface area contributed by atoms with Gasteiger partial charge in [0.05, 0.1) is 6.42 Å². The molecule has 0 radical (unpaired) electrons. The van der Waals surface area contributed by atoms with Crippen LogP contribution in [0.15, 0.2) is 24.3 Å². The summed E-state index contributed by atoms with van der Waals surface area (Å²) in [4.78, 5) is 16.7. The van der Waals surface area contributed by atoms with Gasteiger partial charge in [-0.25, -0.2) is 0 Å². The van der Waals surface area contributed by atoms with Gasteiger partial charge in [-0.05, 0) is 45.4 Å². The number of rotatable bonds is 6. The van der Waals surface area contributed by atoms with Gasteiger partial charge >= 0.3 is 0 Å². The van der Waals surface area contributed by atoms with Crippen LogP contribution in [0.2, 0.25) is 0 Å². The third kappa shape index (κ3) is 3.04. The summed E-state index contributed by atoms with van der Waals surface area (Å²) in [6, 6.07) is 8.98. The van der Waals surface area contributed by atoms with Crippen molar-refractivity contribution in [2.45, 2.75) is 52.6 Å². The van der Waals surface area contributed by atoms with Crippen LogP contribution in [0.5, 0.6) is 0 Å². The minimum absolute atomic E-state index is 0.242. The Kier molecular flexibility index (Phi) is 4.81. The highest BCUT2D eigenvalue weighted by Gasteiger charge is 2.30. The van der Waals surface area contributed by atoms with Gasteiger partial charge in [-0.1, -0.05) is 25.1 Å². The third-order valence-corrected chi connectivity index (χ3v) is 4.27. The fraction of sp³-hybridized carbons (Fsp3) is 0.588. The highest BCUT2D eigenvalue weighted by atomic mass is 16.2. The second kappa shape index (κ2) is 6.40. The summed E-state index contributed by atoms with van der Waals surface area (Å²) in [7, 11) is 0. The first-order chi connectivity index (χ1) is 9.54. The monoisotopic (exact) mass is 274 g/mol. The smallest absolute Gasteiger partial charge is 0.231 e. The molecule has 3 heteroatoms. The van der Waals surface area contributed by atoms with E-state index in [1.165, 1.54) is 5.56 Å². The molecule has 0 fully saturated rings. The van der Waals surface area contributed by atoms with Gasteiger partial charge in [-0.2, -0.15) is 0 Å². The van der Waals surface area contributed by atoms with Crippen LogP contribution in [-0.4, -0.2) is 36.0 Å². The number of benzene rings is 1. The lowest BCUT2D eigenvalue weighted by Crippen LogP contribution is -2.40. The van der Waals surface area contributed by atoms with Crippen LogP contribution in [0, 0.1) is 0 Å². The van der Waals surface area contributed by atoms with E-state index in [0.29, 0.717) is 12.5 Å². The van der Waals surface area contributed by atoms with Crippen LogP contribution >= 0.6 is 0 Å². The second-order valence-electron chi connectivity index (χ2n) is 5.93. The fourth-order valence-electron chi connectivity index (χ4n) is 3.02. The first kappa shape index (κ1) is 15.0. The van der Waals surface area contributed by atoms with Crippen molar-refractivity contribution in [3.8, 4) is 0 Å². The summed E-state index contributed by atoms with van der Waals surface area (Å²) in [6.07, 6.45) is 1.58. The molecule has 1 aromatic rings. The van der Waals surface area contributed by atoms with E-state index in [0.717, 1.165) is 25.2 Å². The predicted molar refractivity (Wildman–Crippen MR) is 84.1 cm³/mol. The molecule has 0 N–H and O–H groups in total. The van der Waals surface area contributed by atoms with Gasteiger partial charge in [0.25, 0.3) is 0 Å². The summed E-state index contributed by atoms with van der Waals surface area (Å²) in [5.74, 6) is 0.242. The van der Waals surface area contributed by atoms with Crippen molar-refractivity contribution in [3.05, 3.63) is 29.8 Å². The minimum Gasteiger partial charge on any atom is -0.309 e. The Morgan fingerprint density at radius 2 is 1.95 bits per heavy atom. The molecular weight excluding hydrogens is 248 g/mol. The van der Waals surface area contributed by atoms with Crippen LogP contribution in [0.1, 0.15) is 39.7 Å². The van der Waals surface area contributed by atoms with Gasteiger partial charge in [-0.15, -0.1) is 0 Å². The molecule has 110 valence electrons. The zero-order chi connectivity index (χ0) is 14.7. The van der Waals surface area contributed by atoms with Crippen molar-refractivity contribution in [2.24, 2.45) is 0 Å². The standard InChI is InChI=1S/C17H26N2O/c1-5-18(13(2)3)11-10-14(4)19-16-9-7-6-8-15(16)12-17(19)20/h6-9,13-14H,5,10-12H2,1-4H3. The Bertz CT molecular complexity index is 470. The van der Waals surface area contributed by atoms with E-state index < -0.39 is 0 Å². The first-order valence-corrected chi connectivity index (χ1v) is 7.68. The van der Waals surface area contributed by atoms with Crippen molar-refractivity contribution in [1.82, 2.24) is 4.90 Å². The Balaban J connectivity index is 2.03. The van der Waals surface area contributed by atoms with Crippen molar-refractivity contribution >= 4 is 11.6 Å². The predicted octanol–water partition coefficient (Wildman–Crippen LogP) is 3.08. The Morgan fingerprint density at radius 1 is 1.25 bits per heavy atom. The normalized spacial score (nSPS) is 16.1. The van der Waals surface area contributed by atoms with Gasteiger partial charge < -0.3 is 9.80 Å². The lowest BCUT2D eigenvalue weighted by Gasteiger charge is -2.30. The maximum absolute atomic E-state index is 12.2. The van der Waals surface area contributed by atoms with Crippen LogP contribution < -0.4 is 4.90 Å². The molecule has 1 unspecified atom stereocenters. The summed E-state index contributed by atoms with van der Waals surface area (Å²) in [6.45, 7) is 10.9. The molecule has 0 saturated carbocycles. The third-order valence-electron chi connectivity index (χ3n) is 4.27. The van der Waals surface area contributed by atoms with E-state index in [-0.39, 0.29) is 11.9 Å². The van der Waals surface area contributed by atoms with Crippen LogP contribution in [0.4, 0.5) is 5.69 Å². The molecule has 0 aliphatic carbocycles. The Hall–Kier alpha value is -1.35. The summed E-state index contributed by atoms with van der Waals surface area (Å²) in [5.41, 5.74) is 2.28. The summed E-state index contributed by atoms with van der Waals surface area (Å²) >= 11 is 0. The molecule has 0 spiro atoms. The lowest BCUT2D eigenvalue weighted by atomic mass is 10.1. The molecule has 1 aliphatic rings. The highest BCUT2D eigenvalue weighted by molar-refractivity contribution is 6.01. The fourth-order valence-corrected chi connectivity index (χ4v) is 3.02. The van der Waals surface area contributed by atoms with Crippen molar-refractivity contribution in [3.63, 3.8) is 0 Å². The zero-order valence-corrected chi connectivity index (χ0v) is 13.1. The van der Waals surface area contributed by atoms with Gasteiger partial charge in [-0.3, -0.25) is 4.79 Å². The van der Waals surface area contributed by atoms with Gasteiger partial charge in [0, 0.05) is 24.3 Å². The number of carbonyl (C=O) groups excluding carboxylic acids is 1. The van der Waals surface area contributed by atoms with Gasteiger partial charge in [0.15, 0.2) is 0 Å². The average Bonchev–Trinajstić information content (AvgIpc) is 2.74. The van der Waals surface area contributed by atoms with E-state index in [4.69, 9.17) is 0 Å².